The maximum Gasteiger partial charge on any atom is 0.481 e. The van der Waals surface area contributed by atoms with Crippen LogP contribution < -0.4 is 21.3 Å². The summed E-state index contributed by atoms with van der Waals surface area (Å²) in [5, 5.41) is 19.9. The van der Waals surface area contributed by atoms with Crippen molar-refractivity contribution in [3.8, 4) is 0 Å². The third-order valence-electron chi connectivity index (χ3n) is 10.9. The molecule has 2 unspecified atom stereocenters. The van der Waals surface area contributed by atoms with Crippen molar-refractivity contribution >= 4 is 24.9 Å². The molecule has 5 aliphatic rings. The van der Waals surface area contributed by atoms with Crippen molar-refractivity contribution in [1.29, 1.82) is 5.41 Å². The highest BCUT2D eigenvalue weighted by molar-refractivity contribution is 6.48. The van der Waals surface area contributed by atoms with E-state index in [0.29, 0.717) is 37.1 Å². The molecule has 2 bridgehead atoms. The van der Waals surface area contributed by atoms with Gasteiger partial charge in [-0.1, -0.05) is 53.2 Å². The molecule has 236 valence electrons. The van der Waals surface area contributed by atoms with E-state index in [4.69, 9.17) is 14.7 Å². The van der Waals surface area contributed by atoms with Crippen molar-refractivity contribution in [2.24, 2.45) is 40.4 Å². The summed E-state index contributed by atoms with van der Waals surface area (Å²) in [7, 11) is 1.18. The second kappa shape index (κ2) is 12.1. The maximum absolute atomic E-state index is 13.9. The van der Waals surface area contributed by atoms with Gasteiger partial charge < -0.3 is 30.6 Å². The summed E-state index contributed by atoms with van der Waals surface area (Å²) in [6, 6.07) is -0.688. The summed E-state index contributed by atoms with van der Waals surface area (Å²) in [6.07, 6.45) is 6.19. The van der Waals surface area contributed by atoms with Crippen molar-refractivity contribution in [2.75, 3.05) is 13.6 Å². The quantitative estimate of drug-likeness (QED) is 0.0775. The Balaban J connectivity index is 1.46. The molecule has 4 aliphatic carbocycles. The van der Waals surface area contributed by atoms with Gasteiger partial charge >= 0.3 is 7.12 Å². The molecule has 5 fully saturated rings. The fourth-order valence-electron chi connectivity index (χ4n) is 8.09. The summed E-state index contributed by atoms with van der Waals surface area (Å²) in [4.78, 5) is 27.4. The predicted molar refractivity (Wildman–Crippen MR) is 168 cm³/mol. The van der Waals surface area contributed by atoms with Gasteiger partial charge in [0.05, 0.1) is 23.6 Å². The lowest BCUT2D eigenvalue weighted by atomic mass is 9.43. The lowest BCUT2D eigenvalue weighted by molar-refractivity contribution is -0.199. The molecule has 1 aliphatic heterocycles. The van der Waals surface area contributed by atoms with Crippen molar-refractivity contribution in [3.63, 3.8) is 0 Å². The molecular weight excluding hydrogens is 529 g/mol. The lowest BCUT2D eigenvalue weighted by Gasteiger charge is -2.64. The number of rotatable bonds is 12. The number of guanidine groups is 1. The Hall–Kier alpha value is -2.07. The highest BCUT2D eigenvalue weighted by atomic mass is 16.7. The van der Waals surface area contributed by atoms with E-state index in [1.165, 1.54) is 12.0 Å². The fraction of sp³-hybridized carbons (Fsp3) is 0.844. The molecule has 9 nitrogen and oxygen atoms in total. The monoisotopic (exact) mass is 585 g/mol. The zero-order chi connectivity index (χ0) is 31.2. The topological polar surface area (TPSA) is 125 Å². The number of carbonyl (C=O) groups excluding carboxylic acids is 2. The normalized spacial score (nSPS) is 33.0. The van der Waals surface area contributed by atoms with E-state index in [-0.39, 0.29) is 58.1 Å². The Labute approximate surface area is 254 Å². The molecule has 2 amide bonds. The van der Waals surface area contributed by atoms with Gasteiger partial charge in [-0.3, -0.25) is 15.0 Å². The van der Waals surface area contributed by atoms with Gasteiger partial charge in [-0.25, -0.2) is 0 Å². The van der Waals surface area contributed by atoms with E-state index in [0.717, 1.165) is 12.8 Å². The molecule has 0 aromatic heterocycles. The number of allylic oxidation sites excluding steroid dienone is 2. The second-order valence-electron chi connectivity index (χ2n) is 15.4. The number of nitrogens with one attached hydrogen (secondary N) is 5. The Morgan fingerprint density at radius 1 is 1.07 bits per heavy atom. The van der Waals surface area contributed by atoms with Crippen LogP contribution in [-0.4, -0.2) is 62.2 Å². The zero-order valence-electron chi connectivity index (χ0n) is 27.6. The summed E-state index contributed by atoms with van der Waals surface area (Å²) in [5.74, 6) is 1.06. The number of amides is 2. The molecule has 0 radical (unpaired) electrons. The molecule has 10 heteroatoms. The van der Waals surface area contributed by atoms with Gasteiger partial charge in [0.25, 0.3) is 0 Å². The van der Waals surface area contributed by atoms with E-state index in [1.807, 2.05) is 0 Å². The molecule has 0 aromatic rings. The first-order chi connectivity index (χ1) is 19.5. The van der Waals surface area contributed by atoms with Crippen LogP contribution in [0.5, 0.6) is 0 Å². The highest BCUT2D eigenvalue weighted by Crippen LogP contribution is 2.66. The molecule has 4 saturated carbocycles. The van der Waals surface area contributed by atoms with Gasteiger partial charge in [0.2, 0.25) is 11.8 Å². The third-order valence-corrected chi connectivity index (χ3v) is 10.9. The van der Waals surface area contributed by atoms with Crippen LogP contribution in [0.15, 0.2) is 11.6 Å². The first kappa shape index (κ1) is 32.8. The van der Waals surface area contributed by atoms with Gasteiger partial charge in [-0.15, -0.1) is 0 Å². The Morgan fingerprint density at radius 2 is 1.76 bits per heavy atom. The van der Waals surface area contributed by atoms with Crippen LogP contribution in [-0.2, 0) is 18.9 Å². The molecule has 8 atom stereocenters. The zero-order valence-corrected chi connectivity index (χ0v) is 27.6. The molecule has 1 heterocycles. The molecule has 42 heavy (non-hydrogen) atoms. The minimum atomic E-state index is -0.688. The molecule has 1 saturated heterocycles. The molecule has 5 rings (SSSR count). The summed E-state index contributed by atoms with van der Waals surface area (Å²) < 4.78 is 13.3. The van der Waals surface area contributed by atoms with Crippen molar-refractivity contribution in [2.45, 2.75) is 118 Å². The van der Waals surface area contributed by atoms with Gasteiger partial charge in [0.15, 0.2) is 5.96 Å². The van der Waals surface area contributed by atoms with Gasteiger partial charge in [-0.2, -0.15) is 0 Å². The van der Waals surface area contributed by atoms with Gasteiger partial charge in [0, 0.05) is 13.6 Å². The van der Waals surface area contributed by atoms with E-state index >= 15 is 0 Å². The van der Waals surface area contributed by atoms with E-state index in [2.05, 4.69) is 89.7 Å². The van der Waals surface area contributed by atoms with Gasteiger partial charge in [0.1, 0.15) is 6.04 Å². The predicted octanol–water partition coefficient (Wildman–Crippen LogP) is 4.03. The van der Waals surface area contributed by atoms with E-state index < -0.39 is 13.2 Å². The summed E-state index contributed by atoms with van der Waals surface area (Å²) >= 11 is 0. The second-order valence-corrected chi connectivity index (χ2v) is 15.4. The van der Waals surface area contributed by atoms with Crippen LogP contribution in [0.3, 0.4) is 0 Å². The smallest absolute Gasteiger partial charge is 0.404 e. The largest absolute Gasteiger partial charge is 0.481 e. The van der Waals surface area contributed by atoms with Crippen molar-refractivity contribution in [1.82, 2.24) is 21.3 Å². The van der Waals surface area contributed by atoms with Crippen molar-refractivity contribution < 1.29 is 18.9 Å². The average Bonchev–Trinajstić information content (AvgIpc) is 3.23. The van der Waals surface area contributed by atoms with Gasteiger partial charge in [-0.05, 0) is 87.4 Å². The molecule has 0 aromatic carbocycles. The van der Waals surface area contributed by atoms with Crippen LogP contribution >= 0.6 is 0 Å². The third kappa shape index (κ3) is 6.40. The molecule has 0 spiro atoms. The number of carbonyl (C=O) groups is 2. The first-order valence-electron chi connectivity index (χ1n) is 16.1. The van der Waals surface area contributed by atoms with E-state index in [1.54, 1.807) is 7.05 Å². The molecular formula is C32H56BN5O4. The Bertz CT molecular complexity index is 1070. The minimum absolute atomic E-state index is 0.0408. The maximum atomic E-state index is 13.9. The van der Waals surface area contributed by atoms with Crippen molar-refractivity contribution in [3.05, 3.63) is 11.6 Å². The Morgan fingerprint density at radius 3 is 2.36 bits per heavy atom. The summed E-state index contributed by atoms with van der Waals surface area (Å²) in [6.45, 7) is 20.0. The number of hydrogen-bond acceptors (Lipinski definition) is 5. The SMILES string of the molecule is CNC(=N)NCCC[C@H](NC(=O)C1C(C=C(C)C)C1(C)C)C(=O)N[C@@H](CC(C)C)B1O[C@@H]2C[C@@H]3C[C@@H](C3(C)C)[C@]2(C)O1. The van der Waals surface area contributed by atoms with Crippen LogP contribution in [0.2, 0.25) is 0 Å². The standard InChI is InChI=1S/C32H56BN5O4/c1-18(2)14-21-26(31(21,7)8)28(40)37-22(12-11-13-36-29(34)35-10)27(39)38-25(15-19(3)4)33-41-24-17-20-16-23(30(20,5)6)32(24,9)42-33/h14,19-26H,11-13,15-17H2,1-10H3,(H,37,40)(H,38,39)(H3,34,35,36)/t20-,21?,22-,23-,24+,25-,26?,32-/m0/s1. The molecule has 5 N–H and O–H groups in total. The number of hydrogen-bond donors (Lipinski definition) is 5. The summed E-state index contributed by atoms with van der Waals surface area (Å²) in [5.41, 5.74) is 0.946. The highest BCUT2D eigenvalue weighted by Gasteiger charge is 2.68. The van der Waals surface area contributed by atoms with Crippen LogP contribution in [0.25, 0.3) is 0 Å². The van der Waals surface area contributed by atoms with Crippen LogP contribution in [0, 0.1) is 45.8 Å². The average molecular weight is 586 g/mol. The van der Waals surface area contributed by atoms with E-state index in [9.17, 15) is 9.59 Å². The van der Waals surface area contributed by atoms with Crippen LogP contribution in [0.4, 0.5) is 0 Å². The van der Waals surface area contributed by atoms with Crippen LogP contribution in [0.1, 0.15) is 94.4 Å². The first-order valence-corrected chi connectivity index (χ1v) is 16.1. The fourth-order valence-corrected chi connectivity index (χ4v) is 8.09. The Kier molecular flexibility index (Phi) is 9.49. The minimum Gasteiger partial charge on any atom is -0.404 e. The lowest BCUT2D eigenvalue weighted by Crippen LogP contribution is -2.65.